The van der Waals surface area contributed by atoms with Crippen molar-refractivity contribution in [3.05, 3.63) is 17.7 Å². The predicted octanol–water partition coefficient (Wildman–Crippen LogP) is 3.53. The molecule has 0 saturated heterocycles. The number of hydrogen-bond acceptors (Lipinski definition) is 4. The third-order valence-electron chi connectivity index (χ3n) is 3.38. The minimum Gasteiger partial charge on any atom is -0.496 e. The van der Waals surface area contributed by atoms with E-state index < -0.39 is 41.5 Å². The third kappa shape index (κ3) is 2.55. The van der Waals surface area contributed by atoms with Gasteiger partial charge < -0.3 is 14.2 Å². The predicted molar refractivity (Wildman–Crippen MR) is 64.0 cm³/mol. The van der Waals surface area contributed by atoms with Crippen molar-refractivity contribution in [2.75, 3.05) is 14.2 Å². The molecule has 0 saturated carbocycles. The van der Waals surface area contributed by atoms with Gasteiger partial charge in [0, 0.05) is 12.1 Å². The van der Waals surface area contributed by atoms with E-state index in [0.717, 1.165) is 26.4 Å². The molecule has 1 aliphatic heterocycles. The molecule has 1 heterocycles. The Kier molecular flexibility index (Phi) is 3.90. The van der Waals surface area contributed by atoms with Gasteiger partial charge in [0.15, 0.2) is 5.78 Å². The highest BCUT2D eigenvalue weighted by molar-refractivity contribution is 6.03. The number of carbonyl (C=O) groups is 1. The number of Topliss-reactive ketones (excluding diaryl/α,β-unsaturated/α-hetero) is 1. The van der Waals surface area contributed by atoms with Crippen LogP contribution in [0.15, 0.2) is 12.1 Å². The number of halogens is 6. The van der Waals surface area contributed by atoms with E-state index >= 15 is 0 Å². The number of ether oxygens (including phenoxy) is 3. The van der Waals surface area contributed by atoms with Gasteiger partial charge in [0.05, 0.1) is 20.6 Å². The van der Waals surface area contributed by atoms with Crippen LogP contribution in [0.5, 0.6) is 17.2 Å². The number of methoxy groups -OCH3 is 2. The van der Waals surface area contributed by atoms with Crippen LogP contribution in [-0.2, 0) is 0 Å². The Balaban J connectivity index is 2.70. The van der Waals surface area contributed by atoms with Gasteiger partial charge in [0.25, 0.3) is 0 Å². The van der Waals surface area contributed by atoms with Crippen LogP contribution in [0.3, 0.4) is 0 Å². The molecule has 1 aromatic carbocycles. The minimum atomic E-state index is -5.84. The van der Waals surface area contributed by atoms with E-state index in [1.807, 2.05) is 0 Å². The molecule has 0 spiro atoms. The summed E-state index contributed by atoms with van der Waals surface area (Å²) in [6.45, 7) is 0. The van der Waals surface area contributed by atoms with E-state index in [1.165, 1.54) is 0 Å². The Bertz CT molecular complexity index is 621. The molecule has 0 fully saturated rings. The topological polar surface area (TPSA) is 44.8 Å². The SMILES string of the molecule is COc1cc(OC)c2c(c1)OC(C(F)(F)F)(C(F)(F)F)CC2=O. The fraction of sp³-hybridized carbons (Fsp3) is 0.462. The smallest absolute Gasteiger partial charge is 0.437 e. The van der Waals surface area contributed by atoms with Gasteiger partial charge in [-0.15, -0.1) is 0 Å². The molecule has 23 heavy (non-hydrogen) atoms. The Morgan fingerprint density at radius 1 is 1.04 bits per heavy atom. The van der Waals surface area contributed by atoms with Gasteiger partial charge >= 0.3 is 18.0 Å². The van der Waals surface area contributed by atoms with Crippen LogP contribution < -0.4 is 14.2 Å². The summed E-state index contributed by atoms with van der Waals surface area (Å²) in [7, 11) is 2.25. The molecule has 128 valence electrons. The monoisotopic (exact) mass is 344 g/mol. The normalized spacial score (nSPS) is 17.3. The highest BCUT2D eigenvalue weighted by atomic mass is 19.4. The number of benzene rings is 1. The molecule has 0 bridgehead atoms. The van der Waals surface area contributed by atoms with Crippen molar-refractivity contribution < 1.29 is 45.3 Å². The van der Waals surface area contributed by atoms with Crippen molar-refractivity contribution in [2.45, 2.75) is 24.4 Å². The van der Waals surface area contributed by atoms with Gasteiger partial charge in [-0.2, -0.15) is 26.3 Å². The van der Waals surface area contributed by atoms with Crippen molar-refractivity contribution >= 4 is 5.78 Å². The van der Waals surface area contributed by atoms with Crippen LogP contribution in [0, 0.1) is 0 Å². The second kappa shape index (κ2) is 5.20. The summed E-state index contributed by atoms with van der Waals surface area (Å²) in [6.07, 6.45) is -13.6. The van der Waals surface area contributed by atoms with Crippen LogP contribution >= 0.6 is 0 Å². The molecule has 10 heteroatoms. The van der Waals surface area contributed by atoms with E-state index in [-0.39, 0.29) is 11.5 Å². The lowest BCUT2D eigenvalue weighted by molar-refractivity contribution is -0.356. The van der Waals surface area contributed by atoms with Crippen molar-refractivity contribution in [1.82, 2.24) is 0 Å². The third-order valence-corrected chi connectivity index (χ3v) is 3.38. The lowest BCUT2D eigenvalue weighted by atomic mass is 9.88. The summed E-state index contributed by atoms with van der Waals surface area (Å²) in [5.74, 6) is -2.64. The first-order valence-electron chi connectivity index (χ1n) is 6.08. The van der Waals surface area contributed by atoms with Crippen molar-refractivity contribution in [2.24, 2.45) is 0 Å². The summed E-state index contributed by atoms with van der Waals surface area (Å²) in [6, 6.07) is 1.94. The van der Waals surface area contributed by atoms with Gasteiger partial charge in [-0.3, -0.25) is 4.79 Å². The van der Waals surface area contributed by atoms with Crippen LogP contribution in [-0.4, -0.2) is 38.0 Å². The van der Waals surface area contributed by atoms with Crippen LogP contribution in [0.1, 0.15) is 16.8 Å². The zero-order valence-corrected chi connectivity index (χ0v) is 11.8. The average Bonchev–Trinajstić information content (AvgIpc) is 2.43. The van der Waals surface area contributed by atoms with Gasteiger partial charge in [-0.1, -0.05) is 0 Å². The number of alkyl halides is 6. The molecule has 0 unspecified atom stereocenters. The highest BCUT2D eigenvalue weighted by Gasteiger charge is 2.75. The average molecular weight is 344 g/mol. The molecule has 0 aromatic heterocycles. The number of ketones is 1. The number of carbonyl (C=O) groups excluding carboxylic acids is 1. The minimum absolute atomic E-state index is 0.117. The quantitative estimate of drug-likeness (QED) is 0.770. The van der Waals surface area contributed by atoms with Crippen molar-refractivity contribution in [1.29, 1.82) is 0 Å². The summed E-state index contributed by atoms with van der Waals surface area (Å²) in [4.78, 5) is 12.0. The van der Waals surface area contributed by atoms with Gasteiger partial charge in [-0.05, 0) is 0 Å². The van der Waals surface area contributed by atoms with Gasteiger partial charge in [-0.25, -0.2) is 0 Å². The molecular weight excluding hydrogens is 334 g/mol. The maximum absolute atomic E-state index is 13.1. The summed E-state index contributed by atoms with van der Waals surface area (Å²) in [5.41, 5.74) is -5.10. The molecule has 0 aliphatic carbocycles. The lowest BCUT2D eigenvalue weighted by Gasteiger charge is -2.40. The van der Waals surface area contributed by atoms with E-state index in [4.69, 9.17) is 9.47 Å². The Hall–Kier alpha value is -2.13. The number of rotatable bonds is 2. The molecule has 0 radical (unpaired) electrons. The molecular formula is C13H10F6O4. The second-order valence-corrected chi connectivity index (χ2v) is 4.73. The molecule has 4 nitrogen and oxygen atoms in total. The molecule has 1 aliphatic rings. The summed E-state index contributed by atoms with van der Waals surface area (Å²) in [5, 5.41) is 0. The Morgan fingerprint density at radius 2 is 1.61 bits per heavy atom. The molecule has 1 aromatic rings. The molecule has 0 N–H and O–H groups in total. The van der Waals surface area contributed by atoms with Crippen LogP contribution in [0.4, 0.5) is 26.3 Å². The zero-order valence-electron chi connectivity index (χ0n) is 11.8. The maximum atomic E-state index is 13.1. The van der Waals surface area contributed by atoms with Crippen LogP contribution in [0.2, 0.25) is 0 Å². The first-order valence-corrected chi connectivity index (χ1v) is 6.08. The summed E-state index contributed by atoms with van der Waals surface area (Å²) < 4.78 is 92.2. The highest BCUT2D eigenvalue weighted by Crippen LogP contribution is 2.53. The fourth-order valence-corrected chi connectivity index (χ4v) is 2.22. The standard InChI is InChI=1S/C13H10F6O4/c1-21-6-3-8(22-2)10-7(20)5-11(12(14,15)16,13(17,18)19)23-9(10)4-6/h3-4H,5H2,1-2H3. The number of fused-ring (bicyclic) bond motifs is 1. The van der Waals surface area contributed by atoms with E-state index in [0.29, 0.717) is 0 Å². The van der Waals surface area contributed by atoms with Gasteiger partial charge in [0.2, 0.25) is 0 Å². The van der Waals surface area contributed by atoms with Crippen LogP contribution in [0.25, 0.3) is 0 Å². The fourth-order valence-electron chi connectivity index (χ4n) is 2.22. The first-order chi connectivity index (χ1) is 10.5. The second-order valence-electron chi connectivity index (χ2n) is 4.73. The van der Waals surface area contributed by atoms with Crippen molar-refractivity contribution in [3.63, 3.8) is 0 Å². The zero-order chi connectivity index (χ0) is 17.6. The molecule has 2 rings (SSSR count). The van der Waals surface area contributed by atoms with Crippen molar-refractivity contribution in [3.8, 4) is 17.2 Å². The van der Waals surface area contributed by atoms with Gasteiger partial charge in [0.1, 0.15) is 22.8 Å². The lowest BCUT2D eigenvalue weighted by Crippen LogP contribution is -2.63. The first kappa shape index (κ1) is 17.2. The summed E-state index contributed by atoms with van der Waals surface area (Å²) >= 11 is 0. The number of hydrogen-bond donors (Lipinski definition) is 0. The maximum Gasteiger partial charge on any atom is 0.437 e. The van der Waals surface area contributed by atoms with E-state index in [9.17, 15) is 31.1 Å². The van der Waals surface area contributed by atoms with E-state index in [2.05, 4.69) is 4.74 Å². The molecule has 0 atom stereocenters. The Morgan fingerprint density at radius 3 is 2.04 bits per heavy atom. The largest absolute Gasteiger partial charge is 0.496 e. The molecule has 0 amide bonds. The van der Waals surface area contributed by atoms with E-state index in [1.54, 1.807) is 0 Å². The Labute approximate surface area is 125 Å².